The Hall–Kier alpha value is -2.57. The molecule has 3 spiro atoms. The van der Waals surface area contributed by atoms with E-state index in [2.05, 4.69) is 73.2 Å². The van der Waals surface area contributed by atoms with Gasteiger partial charge < -0.3 is 20.9 Å². The molecule has 0 aromatic rings. The Morgan fingerprint density at radius 3 is 1.96 bits per heavy atom. The van der Waals surface area contributed by atoms with Crippen molar-refractivity contribution in [3.05, 3.63) is 0 Å². The zero-order chi connectivity index (χ0) is 38.2. The van der Waals surface area contributed by atoms with Gasteiger partial charge in [-0.1, -0.05) is 81.1 Å². The number of carbonyl (C=O) groups is 5. The van der Waals surface area contributed by atoms with Crippen LogP contribution in [-0.4, -0.2) is 114 Å². The summed E-state index contributed by atoms with van der Waals surface area (Å²) in [5.74, 6) is -1.90. The van der Waals surface area contributed by atoms with E-state index in [1.807, 2.05) is 20.8 Å². The molecule has 4 aliphatic carbocycles. The van der Waals surface area contributed by atoms with Gasteiger partial charge in [0.2, 0.25) is 11.8 Å². The number of quaternary nitrogens is 1. The minimum atomic E-state index is -0.951. The van der Waals surface area contributed by atoms with Crippen molar-refractivity contribution in [2.24, 2.45) is 33.0 Å². The van der Waals surface area contributed by atoms with Gasteiger partial charge in [0.1, 0.15) is 18.1 Å². The minimum Gasteiger partial charge on any atom is -0.344 e. The van der Waals surface area contributed by atoms with E-state index in [1.54, 1.807) is 4.90 Å². The Balaban J connectivity index is 1.21. The Labute approximate surface area is 311 Å². The van der Waals surface area contributed by atoms with E-state index in [0.29, 0.717) is 19.4 Å². The highest BCUT2D eigenvalue weighted by Gasteiger charge is 2.85. The molecule has 6 fully saturated rings. The minimum absolute atomic E-state index is 0.0550. The maximum Gasteiger partial charge on any atom is 0.379 e. The fourth-order valence-electron chi connectivity index (χ4n) is 10.7. The zero-order valence-electron chi connectivity index (χ0n) is 33.6. The van der Waals surface area contributed by atoms with Gasteiger partial charge in [0.05, 0.1) is 0 Å². The van der Waals surface area contributed by atoms with E-state index in [1.165, 1.54) is 12.8 Å². The van der Waals surface area contributed by atoms with Gasteiger partial charge in [-0.3, -0.25) is 29.9 Å². The second kappa shape index (κ2) is 13.3. The van der Waals surface area contributed by atoms with Crippen LogP contribution < -0.4 is 21.7 Å². The highest BCUT2D eigenvalue weighted by Crippen LogP contribution is 2.88. The average Bonchev–Trinajstić information content (AvgIpc) is 3.77. The Bertz CT molecular complexity index is 1450. The summed E-state index contributed by atoms with van der Waals surface area (Å²) in [6.45, 7) is 20.9. The molecular formula is C40H68N7O5+. The SMILES string of the molecule is CN1CCN(CC(NC(=O)NC(C(=O)N2CC3(CC2C(=O)NC(CC2CCC2)C(=O)C([NH3+])=O)C(C)(C)C32CCC2)C(C)(C)C)C(C)(C)C)CC12CC2. The fourth-order valence-corrected chi connectivity index (χ4v) is 10.7. The first kappa shape index (κ1) is 39.1. The van der Waals surface area contributed by atoms with Gasteiger partial charge in [-0.25, -0.2) is 9.59 Å². The average molecular weight is 727 g/mol. The number of urea groups is 1. The molecule has 12 heteroatoms. The number of nitrogens with zero attached hydrogens (tertiary/aromatic N) is 3. The van der Waals surface area contributed by atoms with E-state index >= 15 is 0 Å². The van der Waals surface area contributed by atoms with Crippen LogP contribution in [0.3, 0.4) is 0 Å². The van der Waals surface area contributed by atoms with Crippen LogP contribution in [0.1, 0.15) is 120 Å². The lowest BCUT2D eigenvalue weighted by molar-refractivity contribution is -0.300. The monoisotopic (exact) mass is 727 g/mol. The maximum atomic E-state index is 14.9. The van der Waals surface area contributed by atoms with Crippen LogP contribution in [0, 0.1) is 33.0 Å². The van der Waals surface area contributed by atoms with Gasteiger partial charge in [0, 0.05) is 49.7 Å². The molecule has 0 bridgehead atoms. The van der Waals surface area contributed by atoms with Crippen molar-refractivity contribution < 1.29 is 29.7 Å². The van der Waals surface area contributed by atoms with Crippen LogP contribution in [-0.2, 0) is 19.2 Å². The number of piperazine rings is 1. The van der Waals surface area contributed by atoms with E-state index < -0.39 is 41.1 Å². The van der Waals surface area contributed by atoms with Crippen molar-refractivity contribution in [2.45, 2.75) is 149 Å². The van der Waals surface area contributed by atoms with E-state index in [9.17, 15) is 24.0 Å². The van der Waals surface area contributed by atoms with E-state index in [0.717, 1.165) is 64.7 Å². The van der Waals surface area contributed by atoms with E-state index in [4.69, 9.17) is 0 Å². The standard InChI is InChI=1S/C40H67N7O5/c1-35(2,3)28(22-46-19-18-45(9)38(23-46)16-17-38)43-34(52)44-30(36(4,5)6)33(51)47-24-40(37(7,8)39(40)14-11-15-39)21-27(47)32(50)42-26(29(48)31(41)49)20-25-12-10-13-25/h25-28,30H,10-24H2,1-9H3,(H2,41,49)(H,42,50)(H2,43,44,52)/p+1. The zero-order valence-corrected chi connectivity index (χ0v) is 33.6. The Morgan fingerprint density at radius 2 is 1.48 bits per heavy atom. The molecule has 0 aromatic heterocycles. The topological polar surface area (TPSA) is 159 Å². The number of fused-ring (bicyclic) bond motifs is 1. The van der Waals surface area contributed by atoms with Crippen LogP contribution in [0.4, 0.5) is 4.79 Å². The van der Waals surface area contributed by atoms with Crippen LogP contribution in [0.25, 0.3) is 0 Å². The molecule has 5 unspecified atom stereocenters. The number of likely N-dealkylation sites (N-methyl/N-ethyl adjacent to an activating group) is 1. The fraction of sp³-hybridized carbons (Fsp3) is 0.875. The lowest BCUT2D eigenvalue weighted by Crippen LogP contribution is -2.66. The molecule has 2 saturated heterocycles. The summed E-state index contributed by atoms with van der Waals surface area (Å²) in [5, 5.41) is 9.30. The van der Waals surface area contributed by atoms with Crippen LogP contribution in [0.2, 0.25) is 0 Å². The van der Waals surface area contributed by atoms with Crippen molar-refractivity contribution in [2.75, 3.05) is 39.8 Å². The molecule has 0 aromatic carbocycles. The Morgan fingerprint density at radius 1 is 0.827 bits per heavy atom. The predicted octanol–water partition coefficient (Wildman–Crippen LogP) is 2.71. The Kier molecular flexibility index (Phi) is 10.0. The first-order chi connectivity index (χ1) is 24.1. The first-order valence-corrected chi connectivity index (χ1v) is 20.1. The summed E-state index contributed by atoms with van der Waals surface area (Å²) in [6, 6.07) is -3.20. The van der Waals surface area contributed by atoms with Gasteiger partial charge in [-0.15, -0.1) is 0 Å². The lowest BCUT2D eigenvalue weighted by atomic mass is 9.73. The molecule has 5 amide bonds. The molecule has 0 radical (unpaired) electrons. The number of amides is 5. The highest BCUT2D eigenvalue weighted by molar-refractivity contribution is 6.34. The quantitative estimate of drug-likeness (QED) is 0.239. The summed E-state index contributed by atoms with van der Waals surface area (Å²) in [4.78, 5) is 75.1. The maximum absolute atomic E-state index is 14.9. The second-order valence-electron chi connectivity index (χ2n) is 20.4. The first-order valence-electron chi connectivity index (χ1n) is 20.1. The highest BCUT2D eigenvalue weighted by atomic mass is 16.2. The third kappa shape index (κ3) is 6.71. The number of carbonyl (C=O) groups excluding carboxylic acids is 5. The van der Waals surface area contributed by atoms with Crippen LogP contribution in [0.5, 0.6) is 0 Å². The summed E-state index contributed by atoms with van der Waals surface area (Å²) in [6.07, 6.45) is 9.61. The molecule has 4 saturated carbocycles. The lowest BCUT2D eigenvalue weighted by Gasteiger charge is -2.43. The smallest absolute Gasteiger partial charge is 0.344 e. The molecule has 5 atom stereocenters. The molecule has 52 heavy (non-hydrogen) atoms. The van der Waals surface area contributed by atoms with Gasteiger partial charge in [0.25, 0.3) is 5.78 Å². The van der Waals surface area contributed by atoms with Crippen molar-refractivity contribution in [1.29, 1.82) is 0 Å². The van der Waals surface area contributed by atoms with E-state index in [-0.39, 0.29) is 51.1 Å². The largest absolute Gasteiger partial charge is 0.379 e. The van der Waals surface area contributed by atoms with Crippen molar-refractivity contribution in [3.8, 4) is 0 Å². The van der Waals surface area contributed by atoms with Crippen molar-refractivity contribution in [3.63, 3.8) is 0 Å². The number of likely N-dealkylation sites (tertiary alicyclic amines) is 1. The van der Waals surface area contributed by atoms with Crippen molar-refractivity contribution >= 4 is 29.5 Å². The van der Waals surface area contributed by atoms with Gasteiger partial charge >= 0.3 is 11.9 Å². The summed E-state index contributed by atoms with van der Waals surface area (Å²) in [5.41, 5.74) is 2.53. The number of hydrogen-bond acceptors (Lipinski definition) is 7. The number of ketones is 1. The molecule has 6 aliphatic rings. The van der Waals surface area contributed by atoms with Crippen LogP contribution in [0.15, 0.2) is 0 Å². The number of nitrogens with one attached hydrogen (secondary N) is 3. The van der Waals surface area contributed by atoms with Gasteiger partial charge in [-0.05, 0) is 73.2 Å². The summed E-state index contributed by atoms with van der Waals surface area (Å²) < 4.78 is 0. The summed E-state index contributed by atoms with van der Waals surface area (Å²) in [7, 11) is 2.21. The molecule has 2 aliphatic heterocycles. The molecular weight excluding hydrogens is 658 g/mol. The summed E-state index contributed by atoms with van der Waals surface area (Å²) >= 11 is 0. The normalized spacial score (nSPS) is 29.5. The number of Topliss-reactive ketones (excluding diaryl/α,β-unsaturated/α-hetero) is 1. The van der Waals surface area contributed by atoms with Crippen molar-refractivity contribution in [1.82, 2.24) is 30.7 Å². The van der Waals surface area contributed by atoms with Gasteiger partial charge in [-0.2, -0.15) is 0 Å². The van der Waals surface area contributed by atoms with Gasteiger partial charge in [0.15, 0.2) is 0 Å². The number of rotatable bonds is 11. The third-order valence-corrected chi connectivity index (χ3v) is 15.2. The third-order valence-electron chi connectivity index (χ3n) is 15.2. The van der Waals surface area contributed by atoms with Crippen LogP contribution >= 0.6 is 0 Å². The molecule has 292 valence electrons. The number of hydrogen-bond donors (Lipinski definition) is 4. The second-order valence-corrected chi connectivity index (χ2v) is 20.4. The molecule has 12 nitrogen and oxygen atoms in total. The molecule has 6 rings (SSSR count). The predicted molar refractivity (Wildman–Crippen MR) is 199 cm³/mol. The molecule has 6 N–H and O–H groups in total. The molecule has 2 heterocycles.